The molecule has 3 heterocycles. The van der Waals surface area contributed by atoms with Crippen LogP contribution in [0.4, 0.5) is 0 Å². The number of pyridine rings is 1. The number of hydrogen-bond acceptors (Lipinski definition) is 5. The number of H-pyrrole nitrogens is 1. The van der Waals surface area contributed by atoms with Gasteiger partial charge >= 0.3 is 0 Å². The van der Waals surface area contributed by atoms with E-state index in [1.165, 1.54) is 17.0 Å². The lowest BCUT2D eigenvalue weighted by molar-refractivity contribution is -0.0350. The molecule has 1 unspecified atom stereocenters. The van der Waals surface area contributed by atoms with Crippen molar-refractivity contribution < 1.29 is 4.74 Å². The van der Waals surface area contributed by atoms with Gasteiger partial charge in [0.15, 0.2) is 0 Å². The molecule has 1 fully saturated rings. The first-order valence-electron chi connectivity index (χ1n) is 8.43. The highest BCUT2D eigenvalue weighted by Crippen LogP contribution is 2.23. The molecular weight excluding hydrogens is 316 g/mol. The van der Waals surface area contributed by atoms with Crippen molar-refractivity contribution in [2.75, 3.05) is 19.7 Å². The summed E-state index contributed by atoms with van der Waals surface area (Å²) in [5.41, 5.74) is 2.83. The Morgan fingerprint density at radius 3 is 3.08 bits per heavy atom. The number of para-hydroxylation sites is 1. The van der Waals surface area contributed by atoms with Gasteiger partial charge in [0.05, 0.1) is 17.8 Å². The minimum Gasteiger partial charge on any atom is -0.369 e. The predicted octanol–water partition coefficient (Wildman–Crippen LogP) is 2.20. The molecular formula is C19H20N4O2. The molecule has 0 spiro atoms. The number of fused-ring (bicyclic) bond motifs is 1. The van der Waals surface area contributed by atoms with Gasteiger partial charge in [0, 0.05) is 37.3 Å². The normalized spacial score (nSPS) is 18.5. The first kappa shape index (κ1) is 15.9. The Labute approximate surface area is 145 Å². The SMILES string of the molecule is Cc1nc(C2CN(Cc3ccnc4ccccc34)CCO2)cc(=O)[nH]1. The van der Waals surface area contributed by atoms with E-state index in [-0.39, 0.29) is 11.7 Å². The van der Waals surface area contributed by atoms with E-state index >= 15 is 0 Å². The predicted molar refractivity (Wildman–Crippen MR) is 95.3 cm³/mol. The number of nitrogens with one attached hydrogen (secondary N) is 1. The maximum Gasteiger partial charge on any atom is 0.251 e. The third-order valence-corrected chi connectivity index (χ3v) is 4.49. The Kier molecular flexibility index (Phi) is 4.29. The molecule has 3 aromatic rings. The first-order chi connectivity index (χ1) is 12.2. The van der Waals surface area contributed by atoms with Gasteiger partial charge in [-0.2, -0.15) is 0 Å². The molecule has 0 radical (unpaired) electrons. The van der Waals surface area contributed by atoms with Gasteiger partial charge < -0.3 is 9.72 Å². The minimum absolute atomic E-state index is 0.136. The molecule has 1 aliphatic heterocycles. The molecule has 1 saturated heterocycles. The zero-order chi connectivity index (χ0) is 17.2. The number of hydrogen-bond donors (Lipinski definition) is 1. The molecule has 0 amide bonds. The molecule has 1 aromatic carbocycles. The van der Waals surface area contributed by atoms with Crippen molar-refractivity contribution in [1.29, 1.82) is 0 Å². The van der Waals surface area contributed by atoms with Gasteiger partial charge in [0.2, 0.25) is 0 Å². The van der Waals surface area contributed by atoms with Crippen molar-refractivity contribution in [3.05, 3.63) is 70.0 Å². The number of aryl methyl sites for hydroxylation is 1. The highest BCUT2D eigenvalue weighted by atomic mass is 16.5. The fraction of sp³-hybridized carbons (Fsp3) is 0.316. The first-order valence-corrected chi connectivity index (χ1v) is 8.43. The Morgan fingerprint density at radius 1 is 1.32 bits per heavy atom. The van der Waals surface area contributed by atoms with E-state index in [0.717, 1.165) is 18.6 Å². The highest BCUT2D eigenvalue weighted by molar-refractivity contribution is 5.81. The lowest BCUT2D eigenvalue weighted by atomic mass is 10.1. The molecule has 0 saturated carbocycles. The molecule has 4 rings (SSSR count). The van der Waals surface area contributed by atoms with Gasteiger partial charge in [-0.1, -0.05) is 18.2 Å². The van der Waals surface area contributed by atoms with Crippen molar-refractivity contribution in [2.45, 2.75) is 19.6 Å². The van der Waals surface area contributed by atoms with Gasteiger partial charge in [-0.25, -0.2) is 4.98 Å². The Morgan fingerprint density at radius 2 is 2.20 bits per heavy atom. The molecule has 1 atom stereocenters. The van der Waals surface area contributed by atoms with Crippen molar-refractivity contribution in [1.82, 2.24) is 19.9 Å². The highest BCUT2D eigenvalue weighted by Gasteiger charge is 2.24. The summed E-state index contributed by atoms with van der Waals surface area (Å²) < 4.78 is 5.86. The number of aromatic amines is 1. The second-order valence-electron chi connectivity index (χ2n) is 6.34. The van der Waals surface area contributed by atoms with E-state index in [9.17, 15) is 4.79 Å². The van der Waals surface area contributed by atoms with Crippen LogP contribution in [0.25, 0.3) is 10.9 Å². The Hall–Kier alpha value is -2.57. The van der Waals surface area contributed by atoms with E-state index < -0.39 is 0 Å². The largest absolute Gasteiger partial charge is 0.369 e. The summed E-state index contributed by atoms with van der Waals surface area (Å²) in [6.45, 7) is 4.81. The van der Waals surface area contributed by atoms with Crippen molar-refractivity contribution in [2.24, 2.45) is 0 Å². The van der Waals surface area contributed by atoms with Gasteiger partial charge in [0.1, 0.15) is 11.9 Å². The molecule has 6 nitrogen and oxygen atoms in total. The summed E-state index contributed by atoms with van der Waals surface area (Å²) in [7, 11) is 0. The fourth-order valence-electron chi connectivity index (χ4n) is 3.33. The van der Waals surface area contributed by atoms with Crippen LogP contribution in [0.3, 0.4) is 0 Å². The number of rotatable bonds is 3. The number of nitrogens with zero attached hydrogens (tertiary/aromatic N) is 3. The summed E-state index contributed by atoms with van der Waals surface area (Å²) in [6.07, 6.45) is 1.68. The summed E-state index contributed by atoms with van der Waals surface area (Å²) >= 11 is 0. The van der Waals surface area contributed by atoms with Crippen LogP contribution in [0.5, 0.6) is 0 Å². The minimum atomic E-state index is -0.178. The summed E-state index contributed by atoms with van der Waals surface area (Å²) in [5.74, 6) is 0.614. The second kappa shape index (κ2) is 6.74. The topological polar surface area (TPSA) is 71.1 Å². The van der Waals surface area contributed by atoms with Crippen molar-refractivity contribution in [3.63, 3.8) is 0 Å². The summed E-state index contributed by atoms with van der Waals surface area (Å²) in [6, 6.07) is 11.8. The second-order valence-corrected chi connectivity index (χ2v) is 6.34. The number of ether oxygens (including phenoxy) is 1. The molecule has 2 aromatic heterocycles. The fourth-order valence-corrected chi connectivity index (χ4v) is 3.33. The zero-order valence-electron chi connectivity index (χ0n) is 14.1. The van der Waals surface area contributed by atoms with Crippen molar-refractivity contribution in [3.8, 4) is 0 Å². The van der Waals surface area contributed by atoms with Gasteiger partial charge in [0.25, 0.3) is 5.56 Å². The Balaban J connectivity index is 1.56. The van der Waals surface area contributed by atoms with Crippen LogP contribution in [-0.2, 0) is 11.3 Å². The maximum absolute atomic E-state index is 11.7. The third kappa shape index (κ3) is 3.45. The van der Waals surface area contributed by atoms with E-state index in [4.69, 9.17) is 4.74 Å². The van der Waals surface area contributed by atoms with Gasteiger partial charge in [-0.15, -0.1) is 0 Å². The van der Waals surface area contributed by atoms with Crippen molar-refractivity contribution >= 4 is 10.9 Å². The van der Waals surface area contributed by atoms with E-state index in [0.29, 0.717) is 24.7 Å². The smallest absolute Gasteiger partial charge is 0.251 e. The number of morpholine rings is 1. The molecule has 25 heavy (non-hydrogen) atoms. The van der Waals surface area contributed by atoms with Crippen LogP contribution in [0, 0.1) is 6.92 Å². The van der Waals surface area contributed by atoms with E-state index in [1.807, 2.05) is 24.4 Å². The van der Waals surface area contributed by atoms with Crippen LogP contribution in [0.2, 0.25) is 0 Å². The summed E-state index contributed by atoms with van der Waals surface area (Å²) in [4.78, 5) is 25.6. The monoisotopic (exact) mass is 336 g/mol. The number of aromatic nitrogens is 3. The summed E-state index contributed by atoms with van der Waals surface area (Å²) in [5, 5.41) is 1.18. The molecule has 0 aliphatic carbocycles. The molecule has 0 bridgehead atoms. The van der Waals surface area contributed by atoms with Crippen LogP contribution in [0.15, 0.2) is 47.4 Å². The van der Waals surface area contributed by atoms with Gasteiger partial charge in [-0.05, 0) is 24.6 Å². The van der Waals surface area contributed by atoms with Crippen LogP contribution < -0.4 is 5.56 Å². The maximum atomic E-state index is 11.7. The van der Waals surface area contributed by atoms with E-state index in [2.05, 4.69) is 32.0 Å². The lowest BCUT2D eigenvalue weighted by Crippen LogP contribution is -2.38. The average Bonchev–Trinajstić information content (AvgIpc) is 2.61. The Bertz CT molecular complexity index is 948. The molecule has 6 heteroatoms. The van der Waals surface area contributed by atoms with Crippen LogP contribution in [-0.4, -0.2) is 39.5 Å². The van der Waals surface area contributed by atoms with E-state index in [1.54, 1.807) is 6.92 Å². The van der Waals surface area contributed by atoms with Crippen LogP contribution in [0.1, 0.15) is 23.2 Å². The zero-order valence-corrected chi connectivity index (χ0v) is 14.1. The lowest BCUT2D eigenvalue weighted by Gasteiger charge is -2.32. The standard InChI is InChI=1S/C19H20N4O2/c1-13-21-17(10-19(24)22-13)18-12-23(8-9-25-18)11-14-6-7-20-16-5-3-2-4-15(14)16/h2-7,10,18H,8-9,11-12H2,1H3,(H,21,22,24). The molecule has 128 valence electrons. The van der Waals surface area contributed by atoms with Crippen LogP contribution >= 0.6 is 0 Å². The molecule has 1 aliphatic rings. The number of benzene rings is 1. The quantitative estimate of drug-likeness (QED) is 0.794. The van der Waals surface area contributed by atoms with Gasteiger partial charge in [-0.3, -0.25) is 14.7 Å². The average molecular weight is 336 g/mol. The molecule has 1 N–H and O–H groups in total. The third-order valence-electron chi connectivity index (χ3n) is 4.49.